The topological polar surface area (TPSA) is 75.2 Å². The van der Waals surface area contributed by atoms with E-state index in [9.17, 15) is 4.79 Å². The van der Waals surface area contributed by atoms with Crippen LogP contribution in [0.2, 0.25) is 0 Å². The smallest absolute Gasteiger partial charge is 0.253 e. The first-order valence-corrected chi connectivity index (χ1v) is 8.98. The van der Waals surface area contributed by atoms with Crippen molar-refractivity contribution in [1.82, 2.24) is 15.5 Å². The summed E-state index contributed by atoms with van der Waals surface area (Å²) < 4.78 is 10.3. The maximum absolute atomic E-state index is 12.0. The van der Waals surface area contributed by atoms with Gasteiger partial charge in [-0.05, 0) is 31.0 Å². The van der Waals surface area contributed by atoms with Crippen LogP contribution in [0.5, 0.6) is 0 Å². The first-order valence-electron chi connectivity index (χ1n) is 8.98. The highest BCUT2D eigenvalue weighted by atomic mass is 127. The predicted octanol–water partition coefficient (Wildman–Crippen LogP) is 1.77. The molecule has 1 amide bonds. The standard InChI is InChI=1S/C19H32N4O3.HI/c1-5-20-19(22-11-12-26-14-13-25-4)21-10-9-16-7-6-8-17(15-16)18(24)23(2)3;/h6-8,15H,5,9-14H2,1-4H3,(H2,20,21,22);1H. The largest absolute Gasteiger partial charge is 0.382 e. The zero-order chi connectivity index (χ0) is 19.2. The molecule has 0 aliphatic heterocycles. The lowest BCUT2D eigenvalue weighted by Crippen LogP contribution is -2.38. The van der Waals surface area contributed by atoms with Crippen LogP contribution in [0.1, 0.15) is 22.8 Å². The maximum atomic E-state index is 12.0. The summed E-state index contributed by atoms with van der Waals surface area (Å²) in [5.74, 6) is 0.784. The number of methoxy groups -OCH3 is 1. The molecule has 0 unspecified atom stereocenters. The molecule has 0 saturated heterocycles. The molecular weight excluding hydrogens is 459 g/mol. The van der Waals surface area contributed by atoms with Crippen LogP contribution >= 0.6 is 24.0 Å². The Labute approximate surface area is 179 Å². The van der Waals surface area contributed by atoms with Gasteiger partial charge in [-0.3, -0.25) is 9.79 Å². The van der Waals surface area contributed by atoms with E-state index in [2.05, 4.69) is 15.6 Å². The summed E-state index contributed by atoms with van der Waals surface area (Å²) in [5, 5.41) is 6.52. The first-order chi connectivity index (χ1) is 12.6. The van der Waals surface area contributed by atoms with E-state index >= 15 is 0 Å². The number of nitrogens with one attached hydrogen (secondary N) is 2. The van der Waals surface area contributed by atoms with Crippen molar-refractivity contribution in [3.05, 3.63) is 35.4 Å². The zero-order valence-corrected chi connectivity index (χ0v) is 19.1. The summed E-state index contributed by atoms with van der Waals surface area (Å²) >= 11 is 0. The van der Waals surface area contributed by atoms with Gasteiger partial charge in [0.2, 0.25) is 0 Å². The summed E-state index contributed by atoms with van der Waals surface area (Å²) in [4.78, 5) is 18.1. The van der Waals surface area contributed by atoms with Crippen molar-refractivity contribution < 1.29 is 14.3 Å². The fourth-order valence-electron chi connectivity index (χ4n) is 2.25. The number of halogens is 1. The molecule has 0 fully saturated rings. The SMILES string of the molecule is CCNC(=NCCOCCOC)NCCc1cccc(C(=O)N(C)C)c1.I. The van der Waals surface area contributed by atoms with Crippen molar-refractivity contribution in [1.29, 1.82) is 0 Å². The Balaban J connectivity index is 0.00000676. The molecule has 0 aliphatic rings. The van der Waals surface area contributed by atoms with E-state index in [4.69, 9.17) is 9.47 Å². The Bertz CT molecular complexity index is 568. The molecule has 0 bridgehead atoms. The van der Waals surface area contributed by atoms with E-state index < -0.39 is 0 Å². The van der Waals surface area contributed by atoms with Crippen molar-refractivity contribution in [3.63, 3.8) is 0 Å². The number of ether oxygens (including phenoxy) is 2. The third-order valence-corrected chi connectivity index (χ3v) is 3.57. The number of hydrogen-bond donors (Lipinski definition) is 2. The van der Waals surface area contributed by atoms with Crippen LogP contribution in [0.3, 0.4) is 0 Å². The summed E-state index contributed by atoms with van der Waals surface area (Å²) in [7, 11) is 5.17. The van der Waals surface area contributed by atoms with Crippen LogP contribution in [-0.2, 0) is 15.9 Å². The number of amides is 1. The third kappa shape index (κ3) is 11.1. The van der Waals surface area contributed by atoms with E-state index in [1.165, 1.54) is 0 Å². The van der Waals surface area contributed by atoms with Crippen LogP contribution in [-0.4, -0.2) is 77.4 Å². The lowest BCUT2D eigenvalue weighted by atomic mass is 10.1. The molecule has 154 valence electrons. The highest BCUT2D eigenvalue weighted by molar-refractivity contribution is 14.0. The molecular formula is C19H33IN4O3. The van der Waals surface area contributed by atoms with Gasteiger partial charge in [-0.2, -0.15) is 0 Å². The second-order valence-corrected chi connectivity index (χ2v) is 5.94. The van der Waals surface area contributed by atoms with Gasteiger partial charge >= 0.3 is 0 Å². The van der Waals surface area contributed by atoms with Gasteiger partial charge in [0.1, 0.15) is 0 Å². The molecule has 1 aromatic rings. The number of nitrogens with zero attached hydrogens (tertiary/aromatic N) is 2. The number of guanidine groups is 1. The molecule has 0 spiro atoms. The summed E-state index contributed by atoms with van der Waals surface area (Å²) in [6.07, 6.45) is 0.809. The van der Waals surface area contributed by atoms with E-state index in [0.717, 1.165) is 31.0 Å². The molecule has 1 aromatic carbocycles. The number of rotatable bonds is 11. The van der Waals surface area contributed by atoms with Crippen molar-refractivity contribution >= 4 is 35.8 Å². The lowest BCUT2D eigenvalue weighted by molar-refractivity contribution is 0.0748. The van der Waals surface area contributed by atoms with Crippen LogP contribution < -0.4 is 10.6 Å². The summed E-state index contributed by atoms with van der Waals surface area (Å²) in [6, 6.07) is 7.73. The van der Waals surface area contributed by atoms with Gasteiger partial charge in [-0.1, -0.05) is 12.1 Å². The molecule has 0 heterocycles. The highest BCUT2D eigenvalue weighted by Crippen LogP contribution is 2.07. The molecule has 0 aliphatic carbocycles. The monoisotopic (exact) mass is 492 g/mol. The molecule has 2 N–H and O–H groups in total. The minimum Gasteiger partial charge on any atom is -0.382 e. The minimum atomic E-state index is 0. The predicted molar refractivity (Wildman–Crippen MR) is 120 cm³/mol. The minimum absolute atomic E-state index is 0. The fraction of sp³-hybridized carbons (Fsp3) is 0.579. The quantitative estimate of drug-likeness (QED) is 0.213. The average molecular weight is 492 g/mol. The normalized spacial score (nSPS) is 10.9. The molecule has 0 radical (unpaired) electrons. The lowest BCUT2D eigenvalue weighted by Gasteiger charge is -2.13. The number of carbonyl (C=O) groups is 1. The Morgan fingerprint density at radius 3 is 2.63 bits per heavy atom. The maximum Gasteiger partial charge on any atom is 0.253 e. The van der Waals surface area contributed by atoms with Crippen LogP contribution in [0.25, 0.3) is 0 Å². The average Bonchev–Trinajstić information content (AvgIpc) is 2.64. The molecule has 0 saturated carbocycles. The van der Waals surface area contributed by atoms with Crippen molar-refractivity contribution in [2.24, 2.45) is 4.99 Å². The molecule has 7 nitrogen and oxygen atoms in total. The third-order valence-electron chi connectivity index (χ3n) is 3.57. The van der Waals surface area contributed by atoms with Gasteiger partial charge in [0.25, 0.3) is 5.91 Å². The van der Waals surface area contributed by atoms with E-state index in [-0.39, 0.29) is 29.9 Å². The van der Waals surface area contributed by atoms with Crippen LogP contribution in [0.15, 0.2) is 29.3 Å². The summed E-state index contributed by atoms with van der Waals surface area (Å²) in [6.45, 7) is 5.89. The van der Waals surface area contributed by atoms with Gasteiger partial charge in [0.05, 0.1) is 26.4 Å². The van der Waals surface area contributed by atoms with Crippen molar-refractivity contribution in [2.45, 2.75) is 13.3 Å². The Morgan fingerprint density at radius 1 is 1.19 bits per heavy atom. The Morgan fingerprint density at radius 2 is 1.96 bits per heavy atom. The van der Waals surface area contributed by atoms with Gasteiger partial charge in [-0.25, -0.2) is 0 Å². The first kappa shape index (κ1) is 25.6. The second kappa shape index (κ2) is 15.6. The number of carbonyl (C=O) groups excluding carboxylic acids is 1. The zero-order valence-electron chi connectivity index (χ0n) is 16.8. The fourth-order valence-corrected chi connectivity index (χ4v) is 2.25. The van der Waals surface area contributed by atoms with Gasteiger partial charge in [0.15, 0.2) is 5.96 Å². The van der Waals surface area contributed by atoms with Crippen LogP contribution in [0.4, 0.5) is 0 Å². The van der Waals surface area contributed by atoms with Gasteiger partial charge in [0, 0.05) is 39.9 Å². The summed E-state index contributed by atoms with van der Waals surface area (Å²) in [5.41, 5.74) is 1.82. The van der Waals surface area contributed by atoms with Crippen molar-refractivity contribution in [2.75, 3.05) is 60.7 Å². The van der Waals surface area contributed by atoms with E-state index in [1.54, 1.807) is 26.1 Å². The molecule has 8 heteroatoms. The second-order valence-electron chi connectivity index (χ2n) is 5.94. The molecule has 0 aromatic heterocycles. The van der Waals surface area contributed by atoms with E-state index in [1.807, 2.05) is 31.2 Å². The van der Waals surface area contributed by atoms with Crippen LogP contribution in [0, 0.1) is 0 Å². The number of hydrogen-bond acceptors (Lipinski definition) is 4. The molecule has 27 heavy (non-hydrogen) atoms. The highest BCUT2D eigenvalue weighted by Gasteiger charge is 2.08. The number of aliphatic imine (C=N–C) groups is 1. The van der Waals surface area contributed by atoms with Gasteiger partial charge < -0.3 is 25.0 Å². The Kier molecular flexibility index (Phi) is 14.8. The Hall–Kier alpha value is -1.39. The molecule has 1 rings (SSSR count). The van der Waals surface area contributed by atoms with Gasteiger partial charge in [-0.15, -0.1) is 24.0 Å². The van der Waals surface area contributed by atoms with Crippen molar-refractivity contribution in [3.8, 4) is 0 Å². The van der Waals surface area contributed by atoms with E-state index in [0.29, 0.717) is 31.9 Å². The molecule has 0 atom stereocenters. The number of benzene rings is 1.